The summed E-state index contributed by atoms with van der Waals surface area (Å²) < 4.78 is 6.54. The Kier molecular flexibility index (Phi) is 7.30. The van der Waals surface area contributed by atoms with Gasteiger partial charge in [-0.05, 0) is 45.0 Å². The number of fused-ring (bicyclic) bond motifs is 2. The second-order valence-corrected chi connectivity index (χ2v) is 14.1. The molecule has 2 aromatic heterocycles. The van der Waals surface area contributed by atoms with Gasteiger partial charge in [0.05, 0.1) is 11.6 Å². The molecule has 7 nitrogen and oxygen atoms in total. The van der Waals surface area contributed by atoms with Gasteiger partial charge in [0.15, 0.2) is 15.9 Å². The lowest BCUT2D eigenvalue weighted by Crippen LogP contribution is -2.31. The Hall–Kier alpha value is -4.73. The number of carbonyl (C=O) groups excluding carboxylic acids is 2. The number of anilines is 1. The standard InChI is InChI=1S/C36H29N3O4S2/c1-36(2,3)25-17-15-22(16-18-25)30-29(31(40)28-19-23-10-5-7-14-27(23)43-28)32(41)33(42)39(30)34-37-38-35(45-34)44-20-24-12-8-11-21-9-4-6-13-26(21)24/h4-19,30,41H,20H2,1-3H3/t30-/m1/s1. The van der Waals surface area contributed by atoms with Gasteiger partial charge in [-0.2, -0.15) is 0 Å². The summed E-state index contributed by atoms with van der Waals surface area (Å²) in [6.45, 7) is 6.36. The minimum absolute atomic E-state index is 0.0484. The predicted molar refractivity (Wildman–Crippen MR) is 179 cm³/mol. The number of Topliss-reactive ketones (excluding diaryl/α,β-unsaturated/α-hetero) is 1. The maximum atomic E-state index is 14.0. The lowest BCUT2D eigenvalue weighted by molar-refractivity contribution is -0.117. The van der Waals surface area contributed by atoms with E-state index in [1.807, 2.05) is 60.7 Å². The van der Waals surface area contributed by atoms with E-state index in [0.717, 1.165) is 10.9 Å². The smallest absolute Gasteiger partial charge is 0.296 e. The zero-order valence-electron chi connectivity index (χ0n) is 24.9. The number of amides is 1. The van der Waals surface area contributed by atoms with E-state index < -0.39 is 23.5 Å². The number of rotatable bonds is 7. The van der Waals surface area contributed by atoms with Crippen LogP contribution in [0.1, 0.15) is 54.1 Å². The third kappa shape index (κ3) is 5.32. The number of aliphatic hydroxyl groups is 1. The van der Waals surface area contributed by atoms with Crippen LogP contribution in [0.5, 0.6) is 0 Å². The molecule has 45 heavy (non-hydrogen) atoms. The van der Waals surface area contributed by atoms with Crippen LogP contribution in [0.4, 0.5) is 5.13 Å². The van der Waals surface area contributed by atoms with Crippen LogP contribution in [0.3, 0.4) is 0 Å². The summed E-state index contributed by atoms with van der Waals surface area (Å²) in [4.78, 5) is 29.1. The van der Waals surface area contributed by atoms with Crippen molar-refractivity contribution in [2.24, 2.45) is 0 Å². The number of para-hydroxylation sites is 1. The molecule has 0 fully saturated rings. The van der Waals surface area contributed by atoms with Gasteiger partial charge in [0.25, 0.3) is 5.91 Å². The van der Waals surface area contributed by atoms with Crippen LogP contribution < -0.4 is 4.90 Å². The van der Waals surface area contributed by atoms with Crippen molar-refractivity contribution in [3.63, 3.8) is 0 Å². The number of hydrogen-bond acceptors (Lipinski definition) is 8. The summed E-state index contributed by atoms with van der Waals surface area (Å²) in [6.07, 6.45) is 0. The Bertz CT molecular complexity index is 2080. The van der Waals surface area contributed by atoms with E-state index in [9.17, 15) is 14.7 Å². The number of furan rings is 1. The molecule has 1 aliphatic heterocycles. The molecule has 0 aliphatic carbocycles. The van der Waals surface area contributed by atoms with Crippen molar-refractivity contribution >= 4 is 61.7 Å². The highest BCUT2D eigenvalue weighted by atomic mass is 32.2. The molecule has 0 bridgehead atoms. The van der Waals surface area contributed by atoms with Crippen molar-refractivity contribution in [3.05, 3.63) is 131 Å². The van der Waals surface area contributed by atoms with Gasteiger partial charge in [-0.3, -0.25) is 14.5 Å². The second kappa shape index (κ2) is 11.3. The molecule has 4 aromatic carbocycles. The summed E-state index contributed by atoms with van der Waals surface area (Å²) in [5, 5.41) is 23.4. The predicted octanol–water partition coefficient (Wildman–Crippen LogP) is 8.81. The molecule has 0 unspecified atom stereocenters. The van der Waals surface area contributed by atoms with E-state index in [1.54, 1.807) is 12.1 Å². The van der Waals surface area contributed by atoms with E-state index >= 15 is 0 Å². The number of carbonyl (C=O) groups is 2. The number of thioether (sulfide) groups is 1. The van der Waals surface area contributed by atoms with E-state index in [1.165, 1.54) is 44.3 Å². The van der Waals surface area contributed by atoms with Crippen molar-refractivity contribution in [1.82, 2.24) is 10.2 Å². The highest BCUT2D eigenvalue weighted by Crippen LogP contribution is 2.44. The Labute approximate surface area is 268 Å². The molecule has 3 heterocycles. The number of nitrogens with zero attached hydrogens (tertiary/aromatic N) is 3. The minimum atomic E-state index is -0.920. The first-order chi connectivity index (χ1) is 21.7. The Morgan fingerprint density at radius 3 is 2.40 bits per heavy atom. The molecule has 6 aromatic rings. The summed E-state index contributed by atoms with van der Waals surface area (Å²) >= 11 is 2.78. The first kappa shape index (κ1) is 29.0. The summed E-state index contributed by atoms with van der Waals surface area (Å²) in [6, 6.07) is 30.2. The first-order valence-corrected chi connectivity index (χ1v) is 16.3. The molecule has 1 atom stereocenters. The van der Waals surface area contributed by atoms with Gasteiger partial charge in [0, 0.05) is 11.1 Å². The molecule has 0 saturated carbocycles. The fourth-order valence-corrected chi connectivity index (χ4v) is 7.53. The molecule has 0 radical (unpaired) electrons. The van der Waals surface area contributed by atoms with Crippen molar-refractivity contribution in [3.8, 4) is 0 Å². The largest absolute Gasteiger partial charge is 0.503 e. The average molecular weight is 632 g/mol. The van der Waals surface area contributed by atoms with Gasteiger partial charge in [-0.15, -0.1) is 10.2 Å². The number of aromatic nitrogens is 2. The normalized spacial score (nSPS) is 15.5. The SMILES string of the molecule is CC(C)(C)c1ccc([C@@H]2C(C(=O)c3cc4ccccc4o3)=C(O)C(=O)N2c2nnc(SCc3cccc4ccccc34)s2)cc1. The molecule has 0 spiro atoms. The molecular formula is C36H29N3O4S2. The van der Waals surface area contributed by atoms with Crippen LogP contribution >= 0.6 is 23.1 Å². The number of hydrogen-bond donors (Lipinski definition) is 1. The number of aliphatic hydroxyl groups excluding tert-OH is 1. The summed E-state index contributed by atoms with van der Waals surface area (Å²) in [5.41, 5.74) is 3.34. The highest BCUT2D eigenvalue weighted by molar-refractivity contribution is 8.00. The van der Waals surface area contributed by atoms with E-state index in [0.29, 0.717) is 26.4 Å². The maximum Gasteiger partial charge on any atom is 0.296 e. The molecule has 1 aliphatic rings. The summed E-state index contributed by atoms with van der Waals surface area (Å²) in [7, 11) is 0. The monoisotopic (exact) mass is 631 g/mol. The van der Waals surface area contributed by atoms with Gasteiger partial charge in [0.1, 0.15) is 5.58 Å². The van der Waals surface area contributed by atoms with Gasteiger partial charge in [0.2, 0.25) is 10.9 Å². The maximum absolute atomic E-state index is 14.0. The van der Waals surface area contributed by atoms with Crippen LogP contribution in [0, 0.1) is 0 Å². The van der Waals surface area contributed by atoms with Crippen LogP contribution in [0.25, 0.3) is 21.7 Å². The zero-order valence-corrected chi connectivity index (χ0v) is 26.5. The van der Waals surface area contributed by atoms with Gasteiger partial charge < -0.3 is 9.52 Å². The fraction of sp³-hybridized carbons (Fsp3) is 0.167. The van der Waals surface area contributed by atoms with Crippen LogP contribution in [-0.4, -0.2) is 27.0 Å². The van der Waals surface area contributed by atoms with E-state index in [-0.39, 0.29) is 16.7 Å². The Morgan fingerprint density at radius 1 is 0.933 bits per heavy atom. The summed E-state index contributed by atoms with van der Waals surface area (Å²) in [5.74, 6) is -1.17. The topological polar surface area (TPSA) is 96.5 Å². The van der Waals surface area contributed by atoms with Gasteiger partial charge >= 0.3 is 0 Å². The van der Waals surface area contributed by atoms with Crippen LogP contribution in [0.2, 0.25) is 0 Å². The third-order valence-electron chi connectivity index (χ3n) is 8.03. The molecular weight excluding hydrogens is 603 g/mol. The lowest BCUT2D eigenvalue weighted by Gasteiger charge is -2.25. The first-order valence-electron chi connectivity index (χ1n) is 14.5. The number of ketones is 1. The van der Waals surface area contributed by atoms with Crippen LogP contribution in [-0.2, 0) is 16.0 Å². The molecule has 1 N–H and O–H groups in total. The lowest BCUT2D eigenvalue weighted by atomic mass is 9.85. The van der Waals surface area contributed by atoms with Crippen molar-refractivity contribution in [2.45, 2.75) is 42.3 Å². The van der Waals surface area contributed by atoms with Gasteiger partial charge in [-0.1, -0.05) is 129 Å². The molecule has 1 amide bonds. The number of benzene rings is 4. The van der Waals surface area contributed by atoms with Crippen molar-refractivity contribution in [2.75, 3.05) is 4.90 Å². The quantitative estimate of drug-likeness (QED) is 0.107. The van der Waals surface area contributed by atoms with Gasteiger partial charge in [-0.25, -0.2) is 0 Å². The molecule has 7 rings (SSSR count). The van der Waals surface area contributed by atoms with Crippen LogP contribution in [0.15, 0.2) is 117 Å². The van der Waals surface area contributed by atoms with Crippen molar-refractivity contribution in [1.29, 1.82) is 0 Å². The van der Waals surface area contributed by atoms with E-state index in [4.69, 9.17) is 4.42 Å². The highest BCUT2D eigenvalue weighted by Gasteiger charge is 2.47. The zero-order chi connectivity index (χ0) is 31.3. The third-order valence-corrected chi connectivity index (χ3v) is 10.1. The Balaban J connectivity index is 1.24. The molecule has 224 valence electrons. The van der Waals surface area contributed by atoms with Crippen molar-refractivity contribution < 1.29 is 19.1 Å². The average Bonchev–Trinajstić information content (AvgIpc) is 3.76. The molecule has 0 saturated heterocycles. The van der Waals surface area contributed by atoms with E-state index in [2.05, 4.69) is 55.2 Å². The minimum Gasteiger partial charge on any atom is -0.503 e. The second-order valence-electron chi connectivity index (χ2n) is 12.0. The molecule has 9 heteroatoms. The Morgan fingerprint density at radius 2 is 1.64 bits per heavy atom. The fourth-order valence-electron chi connectivity index (χ4n) is 5.66.